The molecule has 2 heterocycles. The minimum absolute atomic E-state index is 0.266. The smallest absolute Gasteiger partial charge is 0.261 e. The van der Waals surface area contributed by atoms with Gasteiger partial charge in [-0.2, -0.15) is 10.1 Å². The molecule has 0 saturated heterocycles. The number of carbonyl (C=O) groups is 1. The third kappa shape index (κ3) is 2.81. The van der Waals surface area contributed by atoms with Gasteiger partial charge in [0.05, 0.1) is 16.8 Å². The van der Waals surface area contributed by atoms with Gasteiger partial charge in [-0.25, -0.2) is 14.6 Å². The Hall–Kier alpha value is -2.31. The van der Waals surface area contributed by atoms with Crippen LogP contribution in [-0.4, -0.2) is 30.6 Å². The van der Waals surface area contributed by atoms with Crippen molar-refractivity contribution in [3.8, 4) is 0 Å². The number of rotatable bonds is 2. The van der Waals surface area contributed by atoms with Crippen LogP contribution >= 0.6 is 0 Å². The van der Waals surface area contributed by atoms with Crippen molar-refractivity contribution in [3.05, 3.63) is 29.6 Å². The van der Waals surface area contributed by atoms with E-state index >= 15 is 0 Å². The Morgan fingerprint density at radius 2 is 1.95 bits per heavy atom. The van der Waals surface area contributed by atoms with Crippen LogP contribution in [-0.2, 0) is 5.54 Å². The number of carbonyl (C=O) groups excluding carboxylic acids is 1. The third-order valence-electron chi connectivity index (χ3n) is 2.75. The van der Waals surface area contributed by atoms with Gasteiger partial charge in [0.25, 0.3) is 5.91 Å². The second kappa shape index (κ2) is 4.99. The summed E-state index contributed by atoms with van der Waals surface area (Å²) in [6.07, 6.45) is 2.93. The molecule has 0 atom stereocenters. The second-order valence-electron chi connectivity index (χ2n) is 5.54. The van der Waals surface area contributed by atoms with Crippen LogP contribution in [0.25, 0.3) is 0 Å². The standard InChI is InChI=1S/C13H18N6O/c1-8-10(6-14-9(2)17-8)11(20)18-12-15-7-16-19(12)13(3,4)5/h6-7H,1-5H3,(H,15,16,18,20). The van der Waals surface area contributed by atoms with Crippen molar-refractivity contribution in [1.29, 1.82) is 0 Å². The van der Waals surface area contributed by atoms with Gasteiger partial charge in [-0.3, -0.25) is 10.1 Å². The van der Waals surface area contributed by atoms with E-state index in [1.807, 2.05) is 20.8 Å². The minimum Gasteiger partial charge on any atom is -0.290 e. The molecule has 0 radical (unpaired) electrons. The molecule has 0 fully saturated rings. The predicted octanol–water partition coefficient (Wildman–Crippen LogP) is 1.69. The lowest BCUT2D eigenvalue weighted by molar-refractivity contribution is 0.102. The second-order valence-corrected chi connectivity index (χ2v) is 5.54. The van der Waals surface area contributed by atoms with Crippen molar-refractivity contribution in [2.75, 3.05) is 5.32 Å². The number of aryl methyl sites for hydroxylation is 2. The first-order chi connectivity index (χ1) is 9.29. The van der Waals surface area contributed by atoms with E-state index in [1.54, 1.807) is 18.5 Å². The van der Waals surface area contributed by atoms with Crippen molar-refractivity contribution in [2.45, 2.75) is 40.2 Å². The number of nitrogens with zero attached hydrogens (tertiary/aromatic N) is 5. The van der Waals surface area contributed by atoms with Crippen LogP contribution in [0.5, 0.6) is 0 Å². The van der Waals surface area contributed by atoms with Crippen molar-refractivity contribution < 1.29 is 4.79 Å². The molecule has 1 amide bonds. The van der Waals surface area contributed by atoms with Crippen molar-refractivity contribution >= 4 is 11.9 Å². The first-order valence-corrected chi connectivity index (χ1v) is 6.31. The fraction of sp³-hybridized carbons (Fsp3) is 0.462. The first-order valence-electron chi connectivity index (χ1n) is 6.31. The average Bonchev–Trinajstić information content (AvgIpc) is 2.76. The van der Waals surface area contributed by atoms with Crippen LogP contribution in [0, 0.1) is 13.8 Å². The molecular formula is C13H18N6O. The number of hydrogen-bond acceptors (Lipinski definition) is 5. The van der Waals surface area contributed by atoms with E-state index in [4.69, 9.17) is 0 Å². The Labute approximate surface area is 117 Å². The fourth-order valence-electron chi connectivity index (χ4n) is 1.79. The largest absolute Gasteiger partial charge is 0.290 e. The van der Waals surface area contributed by atoms with Crippen LogP contribution in [0.4, 0.5) is 5.95 Å². The molecule has 0 aliphatic rings. The minimum atomic E-state index is -0.291. The monoisotopic (exact) mass is 274 g/mol. The summed E-state index contributed by atoms with van der Waals surface area (Å²) in [4.78, 5) is 24.6. The molecule has 0 aliphatic heterocycles. The van der Waals surface area contributed by atoms with Gasteiger partial charge < -0.3 is 0 Å². The van der Waals surface area contributed by atoms with Crippen molar-refractivity contribution in [3.63, 3.8) is 0 Å². The highest BCUT2D eigenvalue weighted by molar-refractivity contribution is 6.03. The Balaban J connectivity index is 2.27. The first kappa shape index (κ1) is 14.1. The van der Waals surface area contributed by atoms with Crippen LogP contribution in [0.2, 0.25) is 0 Å². The van der Waals surface area contributed by atoms with Gasteiger partial charge >= 0.3 is 0 Å². The highest BCUT2D eigenvalue weighted by Gasteiger charge is 2.21. The van der Waals surface area contributed by atoms with Gasteiger partial charge in [-0.15, -0.1) is 0 Å². The number of amides is 1. The van der Waals surface area contributed by atoms with Crippen molar-refractivity contribution in [1.82, 2.24) is 24.7 Å². The van der Waals surface area contributed by atoms with Gasteiger partial charge in [0, 0.05) is 6.20 Å². The molecular weight excluding hydrogens is 256 g/mol. The van der Waals surface area contributed by atoms with E-state index in [0.717, 1.165) is 0 Å². The molecule has 2 rings (SSSR count). The maximum atomic E-state index is 12.3. The summed E-state index contributed by atoms with van der Waals surface area (Å²) >= 11 is 0. The SMILES string of the molecule is Cc1ncc(C(=O)Nc2ncnn2C(C)(C)C)c(C)n1. The molecule has 1 N–H and O–H groups in total. The molecule has 20 heavy (non-hydrogen) atoms. The highest BCUT2D eigenvalue weighted by atomic mass is 16.1. The van der Waals surface area contributed by atoms with Crippen LogP contribution in [0.1, 0.15) is 42.6 Å². The number of anilines is 1. The van der Waals surface area contributed by atoms with Crippen LogP contribution < -0.4 is 5.32 Å². The molecule has 7 nitrogen and oxygen atoms in total. The molecule has 2 aromatic rings. The topological polar surface area (TPSA) is 85.6 Å². The van der Waals surface area contributed by atoms with E-state index < -0.39 is 0 Å². The summed E-state index contributed by atoms with van der Waals surface area (Å²) < 4.78 is 1.66. The van der Waals surface area contributed by atoms with E-state index in [9.17, 15) is 4.79 Å². The highest BCUT2D eigenvalue weighted by Crippen LogP contribution is 2.17. The summed E-state index contributed by atoms with van der Waals surface area (Å²) in [5, 5.41) is 6.87. The molecule has 0 unspecified atom stereocenters. The lowest BCUT2D eigenvalue weighted by Crippen LogP contribution is -2.27. The van der Waals surface area contributed by atoms with Crippen LogP contribution in [0.15, 0.2) is 12.5 Å². The quantitative estimate of drug-likeness (QED) is 0.900. The maximum Gasteiger partial charge on any atom is 0.261 e. The van der Waals surface area contributed by atoms with Crippen molar-refractivity contribution in [2.24, 2.45) is 0 Å². The molecule has 0 aromatic carbocycles. The normalized spacial score (nSPS) is 11.4. The molecule has 0 saturated carbocycles. The zero-order valence-electron chi connectivity index (χ0n) is 12.3. The zero-order chi connectivity index (χ0) is 14.9. The molecule has 0 spiro atoms. The average molecular weight is 274 g/mol. The van der Waals surface area contributed by atoms with E-state index in [-0.39, 0.29) is 11.4 Å². The van der Waals surface area contributed by atoms with Crippen LogP contribution in [0.3, 0.4) is 0 Å². The Morgan fingerprint density at radius 3 is 2.55 bits per heavy atom. The zero-order valence-corrected chi connectivity index (χ0v) is 12.3. The summed E-state index contributed by atoms with van der Waals surface area (Å²) in [7, 11) is 0. The summed E-state index contributed by atoms with van der Waals surface area (Å²) in [5.41, 5.74) is 0.800. The van der Waals surface area contributed by atoms with Gasteiger partial charge in [0.15, 0.2) is 0 Å². The Bertz CT molecular complexity index is 641. The number of aromatic nitrogens is 5. The predicted molar refractivity (Wildman–Crippen MR) is 74.5 cm³/mol. The van der Waals surface area contributed by atoms with Gasteiger partial charge in [0.1, 0.15) is 12.2 Å². The van der Waals surface area contributed by atoms with E-state index in [0.29, 0.717) is 23.0 Å². The Kier molecular flexibility index (Phi) is 3.52. The number of nitrogens with one attached hydrogen (secondary N) is 1. The molecule has 0 aliphatic carbocycles. The summed E-state index contributed by atoms with van der Waals surface area (Å²) in [6, 6.07) is 0. The Morgan fingerprint density at radius 1 is 1.25 bits per heavy atom. The molecule has 106 valence electrons. The van der Waals surface area contributed by atoms with E-state index in [2.05, 4.69) is 25.4 Å². The van der Waals surface area contributed by atoms with Gasteiger partial charge in [-0.05, 0) is 34.6 Å². The third-order valence-corrected chi connectivity index (χ3v) is 2.75. The lowest BCUT2D eigenvalue weighted by atomic mass is 10.1. The molecule has 2 aromatic heterocycles. The molecule has 0 bridgehead atoms. The van der Waals surface area contributed by atoms with Gasteiger partial charge in [0.2, 0.25) is 5.95 Å². The summed E-state index contributed by atoms with van der Waals surface area (Å²) in [5.74, 6) is 0.750. The molecule has 7 heteroatoms. The fourth-order valence-corrected chi connectivity index (χ4v) is 1.79. The maximum absolute atomic E-state index is 12.3. The van der Waals surface area contributed by atoms with E-state index in [1.165, 1.54) is 12.5 Å². The van der Waals surface area contributed by atoms with Gasteiger partial charge in [-0.1, -0.05) is 0 Å². The number of hydrogen-bond donors (Lipinski definition) is 1. The lowest BCUT2D eigenvalue weighted by Gasteiger charge is -2.21. The summed E-state index contributed by atoms with van der Waals surface area (Å²) in [6.45, 7) is 9.51.